The number of nitrogens with one attached hydrogen (secondary N) is 1. The average molecular weight is 411 g/mol. The van der Waals surface area contributed by atoms with Crippen LogP contribution in [0.5, 0.6) is 0 Å². The van der Waals surface area contributed by atoms with Gasteiger partial charge in [0.1, 0.15) is 11.6 Å². The Labute approximate surface area is 180 Å². The number of hydrogen-bond donors (Lipinski definition) is 1. The molecule has 1 amide bonds. The first kappa shape index (κ1) is 22.2. The molecule has 7 heteroatoms. The van der Waals surface area contributed by atoms with Gasteiger partial charge in [0.2, 0.25) is 5.91 Å². The number of nitrogens with zero attached hydrogens (tertiary/aromatic N) is 5. The van der Waals surface area contributed by atoms with E-state index in [1.54, 1.807) is 0 Å². The molecule has 1 aliphatic rings. The highest BCUT2D eigenvalue weighted by atomic mass is 16.2. The normalized spacial score (nSPS) is 16.1. The Balaban J connectivity index is 1.71. The van der Waals surface area contributed by atoms with Gasteiger partial charge in [-0.05, 0) is 58.0 Å². The molecule has 3 rings (SSSR count). The molecule has 1 saturated heterocycles. The van der Waals surface area contributed by atoms with Gasteiger partial charge in [0.15, 0.2) is 0 Å². The molecule has 162 valence electrons. The van der Waals surface area contributed by atoms with E-state index in [-0.39, 0.29) is 11.9 Å². The third kappa shape index (κ3) is 5.55. The van der Waals surface area contributed by atoms with E-state index in [1.807, 2.05) is 74.0 Å². The van der Waals surface area contributed by atoms with Crippen molar-refractivity contribution >= 4 is 17.4 Å². The number of amides is 1. The van der Waals surface area contributed by atoms with Gasteiger partial charge >= 0.3 is 0 Å². The second kappa shape index (κ2) is 10.00. The lowest BCUT2D eigenvalue weighted by atomic mass is 10.2. The molecule has 0 aliphatic carbocycles. The standard InChI is InChI=1S/C23H34N6O/c1-6-29(19-10-7-9-17(2)13-19)22(30)16-28(5)15-18-14-21(27(3)4)26-23(25-18)20-11-8-12-24-20/h7,9-10,13-14,20,24H,6,8,11-12,15-16H2,1-5H3. The minimum absolute atomic E-state index is 0.0881. The Hall–Kier alpha value is -2.51. The molecule has 1 aromatic heterocycles. The number of likely N-dealkylation sites (N-methyl/N-ethyl adjacent to an activating group) is 2. The van der Waals surface area contributed by atoms with Crippen molar-refractivity contribution in [1.82, 2.24) is 20.2 Å². The van der Waals surface area contributed by atoms with E-state index in [0.717, 1.165) is 48.0 Å². The zero-order valence-corrected chi connectivity index (χ0v) is 18.9. The summed E-state index contributed by atoms with van der Waals surface area (Å²) in [4.78, 5) is 28.4. The summed E-state index contributed by atoms with van der Waals surface area (Å²) in [6.45, 7) is 6.64. The Bertz CT molecular complexity index is 863. The third-order valence-electron chi connectivity index (χ3n) is 5.38. The summed E-state index contributed by atoms with van der Waals surface area (Å²) < 4.78 is 0. The Morgan fingerprint density at radius 3 is 2.63 bits per heavy atom. The number of aromatic nitrogens is 2. The lowest BCUT2D eigenvalue weighted by Crippen LogP contribution is -2.39. The van der Waals surface area contributed by atoms with E-state index >= 15 is 0 Å². The maximum Gasteiger partial charge on any atom is 0.241 e. The molecule has 1 aliphatic heterocycles. The van der Waals surface area contributed by atoms with Crippen molar-refractivity contribution in [2.24, 2.45) is 0 Å². The highest BCUT2D eigenvalue weighted by Gasteiger charge is 2.22. The van der Waals surface area contributed by atoms with Gasteiger partial charge in [-0.15, -0.1) is 0 Å². The molecule has 0 saturated carbocycles. The second-order valence-corrected chi connectivity index (χ2v) is 8.27. The summed E-state index contributed by atoms with van der Waals surface area (Å²) in [6, 6.07) is 10.3. The molecule has 1 atom stereocenters. The van der Waals surface area contributed by atoms with Crippen molar-refractivity contribution in [2.75, 3.05) is 50.6 Å². The van der Waals surface area contributed by atoms with Crippen LogP contribution < -0.4 is 15.1 Å². The van der Waals surface area contributed by atoms with Crippen LogP contribution in [0.1, 0.15) is 42.9 Å². The molecule has 7 nitrogen and oxygen atoms in total. The molecule has 1 aromatic carbocycles. The van der Waals surface area contributed by atoms with Gasteiger partial charge in [-0.3, -0.25) is 9.69 Å². The van der Waals surface area contributed by atoms with Crippen LogP contribution in [-0.4, -0.2) is 61.6 Å². The van der Waals surface area contributed by atoms with Crippen molar-refractivity contribution in [3.63, 3.8) is 0 Å². The fraction of sp³-hybridized carbons (Fsp3) is 0.522. The fourth-order valence-electron chi connectivity index (χ4n) is 3.82. The van der Waals surface area contributed by atoms with Gasteiger partial charge in [0.05, 0.1) is 18.3 Å². The highest BCUT2D eigenvalue weighted by molar-refractivity contribution is 5.94. The van der Waals surface area contributed by atoms with Crippen LogP contribution in [0.25, 0.3) is 0 Å². The zero-order chi connectivity index (χ0) is 21.7. The zero-order valence-electron chi connectivity index (χ0n) is 18.9. The predicted octanol–water partition coefficient (Wildman–Crippen LogP) is 2.76. The number of benzene rings is 1. The lowest BCUT2D eigenvalue weighted by molar-refractivity contribution is -0.119. The molecule has 30 heavy (non-hydrogen) atoms. The molecule has 2 aromatic rings. The second-order valence-electron chi connectivity index (χ2n) is 8.27. The Morgan fingerprint density at radius 1 is 1.20 bits per heavy atom. The van der Waals surface area contributed by atoms with E-state index in [1.165, 1.54) is 0 Å². The van der Waals surface area contributed by atoms with Crippen molar-refractivity contribution in [3.05, 3.63) is 47.4 Å². The number of carbonyl (C=O) groups is 1. The van der Waals surface area contributed by atoms with E-state index in [4.69, 9.17) is 9.97 Å². The van der Waals surface area contributed by atoms with Crippen LogP contribution in [0.3, 0.4) is 0 Å². The molecule has 1 unspecified atom stereocenters. The predicted molar refractivity (Wildman–Crippen MR) is 122 cm³/mol. The summed E-state index contributed by atoms with van der Waals surface area (Å²) in [5.74, 6) is 1.84. The molecule has 2 heterocycles. The van der Waals surface area contributed by atoms with Crippen LogP contribution in [-0.2, 0) is 11.3 Å². The van der Waals surface area contributed by atoms with Crippen molar-refractivity contribution in [1.29, 1.82) is 0 Å². The van der Waals surface area contributed by atoms with Gasteiger partial charge in [-0.2, -0.15) is 0 Å². The highest BCUT2D eigenvalue weighted by Crippen LogP contribution is 2.23. The average Bonchev–Trinajstić information content (AvgIpc) is 3.23. The fourth-order valence-corrected chi connectivity index (χ4v) is 3.82. The van der Waals surface area contributed by atoms with Crippen LogP contribution in [0, 0.1) is 6.92 Å². The first-order valence-corrected chi connectivity index (χ1v) is 10.7. The largest absolute Gasteiger partial charge is 0.363 e. The summed E-state index contributed by atoms with van der Waals surface area (Å²) in [6.07, 6.45) is 2.21. The molecular formula is C23H34N6O. The third-order valence-corrected chi connectivity index (χ3v) is 5.38. The van der Waals surface area contributed by atoms with Crippen LogP contribution in [0.2, 0.25) is 0 Å². The number of hydrogen-bond acceptors (Lipinski definition) is 6. The van der Waals surface area contributed by atoms with E-state index < -0.39 is 0 Å². The number of anilines is 2. The van der Waals surface area contributed by atoms with Crippen LogP contribution in [0.4, 0.5) is 11.5 Å². The van der Waals surface area contributed by atoms with E-state index in [9.17, 15) is 4.79 Å². The minimum atomic E-state index is 0.0881. The Kier molecular flexibility index (Phi) is 7.39. The van der Waals surface area contributed by atoms with E-state index in [2.05, 4.69) is 11.4 Å². The molecule has 0 radical (unpaired) electrons. The number of carbonyl (C=O) groups excluding carboxylic acids is 1. The number of rotatable bonds is 8. The molecule has 1 fully saturated rings. The van der Waals surface area contributed by atoms with E-state index in [0.29, 0.717) is 19.6 Å². The SMILES string of the molecule is CCN(C(=O)CN(C)Cc1cc(N(C)C)nc(C2CCCN2)n1)c1cccc(C)c1. The van der Waals surface area contributed by atoms with Crippen LogP contribution >= 0.6 is 0 Å². The topological polar surface area (TPSA) is 64.6 Å². The summed E-state index contributed by atoms with van der Waals surface area (Å²) in [7, 11) is 5.95. The monoisotopic (exact) mass is 410 g/mol. The maximum absolute atomic E-state index is 13.0. The summed E-state index contributed by atoms with van der Waals surface area (Å²) in [5, 5.41) is 3.48. The van der Waals surface area contributed by atoms with Crippen molar-refractivity contribution < 1.29 is 4.79 Å². The Morgan fingerprint density at radius 2 is 2.00 bits per heavy atom. The van der Waals surface area contributed by atoms with Gasteiger partial charge < -0.3 is 15.1 Å². The lowest BCUT2D eigenvalue weighted by Gasteiger charge is -2.25. The number of aryl methyl sites for hydroxylation is 1. The first-order chi connectivity index (χ1) is 14.4. The summed E-state index contributed by atoms with van der Waals surface area (Å²) in [5.41, 5.74) is 3.03. The molecule has 0 bridgehead atoms. The molecule has 1 N–H and O–H groups in total. The smallest absolute Gasteiger partial charge is 0.241 e. The van der Waals surface area contributed by atoms with Crippen LogP contribution in [0.15, 0.2) is 30.3 Å². The van der Waals surface area contributed by atoms with Crippen molar-refractivity contribution in [2.45, 2.75) is 39.3 Å². The first-order valence-electron chi connectivity index (χ1n) is 10.7. The maximum atomic E-state index is 13.0. The summed E-state index contributed by atoms with van der Waals surface area (Å²) >= 11 is 0. The van der Waals surface area contributed by atoms with Crippen molar-refractivity contribution in [3.8, 4) is 0 Å². The van der Waals surface area contributed by atoms with Gasteiger partial charge in [-0.25, -0.2) is 9.97 Å². The minimum Gasteiger partial charge on any atom is -0.363 e. The van der Waals surface area contributed by atoms with Gasteiger partial charge in [0, 0.05) is 38.9 Å². The van der Waals surface area contributed by atoms with Gasteiger partial charge in [-0.1, -0.05) is 12.1 Å². The molecular weight excluding hydrogens is 376 g/mol. The van der Waals surface area contributed by atoms with Gasteiger partial charge in [0.25, 0.3) is 0 Å². The molecule has 0 spiro atoms. The quantitative estimate of drug-likeness (QED) is 0.722.